The first-order chi connectivity index (χ1) is 9.58. The molecule has 0 N–H and O–H groups in total. The molecule has 0 aliphatic carbocycles. The van der Waals surface area contributed by atoms with Crippen LogP contribution in [0.5, 0.6) is 0 Å². The van der Waals surface area contributed by atoms with Crippen LogP contribution in [-0.2, 0) is 0 Å². The zero-order chi connectivity index (χ0) is 14.3. The van der Waals surface area contributed by atoms with Crippen molar-refractivity contribution in [3.8, 4) is 5.69 Å². The van der Waals surface area contributed by atoms with Gasteiger partial charge in [-0.05, 0) is 53.2 Å². The molecule has 1 unspecified atom stereocenters. The number of aromatic nitrogens is 3. The number of imidazole rings is 1. The Hall–Kier alpha value is -1.10. The molecule has 0 amide bonds. The average molecular weight is 371 g/mol. The van der Waals surface area contributed by atoms with Gasteiger partial charge in [-0.3, -0.25) is 4.57 Å². The molecule has 3 aromatic rings. The van der Waals surface area contributed by atoms with Gasteiger partial charge in [0, 0.05) is 15.7 Å². The Labute approximate surface area is 134 Å². The van der Waals surface area contributed by atoms with E-state index >= 15 is 0 Å². The molecule has 102 valence electrons. The van der Waals surface area contributed by atoms with Gasteiger partial charge in [0.15, 0.2) is 5.65 Å². The van der Waals surface area contributed by atoms with Crippen molar-refractivity contribution in [1.29, 1.82) is 0 Å². The maximum absolute atomic E-state index is 6.26. The van der Waals surface area contributed by atoms with Crippen LogP contribution in [0, 0.1) is 0 Å². The molecule has 0 saturated carbocycles. The van der Waals surface area contributed by atoms with Gasteiger partial charge in [0.2, 0.25) is 0 Å². The standard InChI is InChI=1S/C14H10BrCl2N3/c1-8(16)13-19-11-3-2-6-18-14(11)20(13)12-7-9(17)4-5-10(12)15/h2-8H,1H3. The molecule has 3 rings (SSSR count). The van der Waals surface area contributed by atoms with Crippen molar-refractivity contribution in [2.75, 3.05) is 0 Å². The number of pyridine rings is 1. The highest BCUT2D eigenvalue weighted by Gasteiger charge is 2.18. The van der Waals surface area contributed by atoms with Gasteiger partial charge in [-0.25, -0.2) is 9.97 Å². The highest BCUT2D eigenvalue weighted by Crippen LogP contribution is 2.32. The van der Waals surface area contributed by atoms with E-state index in [9.17, 15) is 0 Å². The number of rotatable bonds is 2. The number of hydrogen-bond acceptors (Lipinski definition) is 2. The molecular formula is C14H10BrCl2N3. The Morgan fingerprint density at radius 1 is 1.30 bits per heavy atom. The summed E-state index contributed by atoms with van der Waals surface area (Å²) in [6.45, 7) is 1.89. The lowest BCUT2D eigenvalue weighted by Gasteiger charge is -2.12. The Balaban J connectivity index is 2.39. The Kier molecular flexibility index (Phi) is 3.71. The van der Waals surface area contributed by atoms with E-state index in [4.69, 9.17) is 23.2 Å². The van der Waals surface area contributed by atoms with Crippen molar-refractivity contribution in [3.63, 3.8) is 0 Å². The van der Waals surface area contributed by atoms with Crippen LogP contribution in [0.4, 0.5) is 0 Å². The molecule has 0 aliphatic heterocycles. The third-order valence-corrected chi connectivity index (χ3v) is 4.05. The SMILES string of the molecule is CC(Cl)c1nc2cccnc2n1-c1cc(Cl)ccc1Br. The molecule has 20 heavy (non-hydrogen) atoms. The summed E-state index contributed by atoms with van der Waals surface area (Å²) >= 11 is 15.9. The molecule has 2 aromatic heterocycles. The van der Waals surface area contributed by atoms with E-state index in [1.54, 1.807) is 6.20 Å². The first kappa shape index (κ1) is 13.9. The molecule has 1 atom stereocenters. The number of benzene rings is 1. The van der Waals surface area contributed by atoms with Gasteiger partial charge in [0.05, 0.1) is 11.1 Å². The van der Waals surface area contributed by atoms with Crippen molar-refractivity contribution >= 4 is 50.3 Å². The molecule has 0 spiro atoms. The Morgan fingerprint density at radius 3 is 2.85 bits per heavy atom. The monoisotopic (exact) mass is 369 g/mol. The molecule has 6 heteroatoms. The number of fused-ring (bicyclic) bond motifs is 1. The van der Waals surface area contributed by atoms with E-state index in [0.29, 0.717) is 5.02 Å². The van der Waals surface area contributed by atoms with Crippen molar-refractivity contribution in [2.24, 2.45) is 0 Å². The summed E-state index contributed by atoms with van der Waals surface area (Å²) < 4.78 is 2.84. The third-order valence-electron chi connectivity index (χ3n) is 2.95. The molecule has 0 bridgehead atoms. The summed E-state index contributed by atoms with van der Waals surface area (Å²) in [5.41, 5.74) is 2.45. The first-order valence-corrected chi connectivity index (χ1v) is 7.61. The average Bonchev–Trinajstić information content (AvgIpc) is 2.81. The van der Waals surface area contributed by atoms with Gasteiger partial charge in [-0.2, -0.15) is 0 Å². The molecule has 3 nitrogen and oxygen atoms in total. The topological polar surface area (TPSA) is 30.7 Å². The fourth-order valence-corrected chi connectivity index (χ4v) is 2.83. The van der Waals surface area contributed by atoms with Crippen LogP contribution in [-0.4, -0.2) is 14.5 Å². The van der Waals surface area contributed by atoms with Crippen LogP contribution in [0.2, 0.25) is 5.02 Å². The van der Waals surface area contributed by atoms with Crippen LogP contribution in [0.15, 0.2) is 41.0 Å². The lowest BCUT2D eigenvalue weighted by molar-refractivity contribution is 0.874. The van der Waals surface area contributed by atoms with E-state index in [1.165, 1.54) is 0 Å². The number of alkyl halides is 1. The lowest BCUT2D eigenvalue weighted by Crippen LogP contribution is -2.03. The molecule has 2 heterocycles. The van der Waals surface area contributed by atoms with Gasteiger partial charge in [-0.15, -0.1) is 11.6 Å². The minimum absolute atomic E-state index is 0.241. The Morgan fingerprint density at radius 2 is 2.10 bits per heavy atom. The van der Waals surface area contributed by atoms with Crippen LogP contribution >= 0.6 is 39.1 Å². The van der Waals surface area contributed by atoms with E-state index in [2.05, 4.69) is 25.9 Å². The maximum Gasteiger partial charge on any atom is 0.164 e. The molecule has 0 aliphatic rings. The molecule has 0 radical (unpaired) electrons. The van der Waals surface area contributed by atoms with Gasteiger partial charge >= 0.3 is 0 Å². The normalized spacial score (nSPS) is 12.8. The largest absolute Gasteiger partial charge is 0.278 e. The van der Waals surface area contributed by atoms with Crippen LogP contribution in [0.25, 0.3) is 16.9 Å². The van der Waals surface area contributed by atoms with E-state index < -0.39 is 0 Å². The van der Waals surface area contributed by atoms with Crippen molar-refractivity contribution < 1.29 is 0 Å². The van der Waals surface area contributed by atoms with Gasteiger partial charge in [-0.1, -0.05) is 11.6 Å². The molecule has 0 saturated heterocycles. The fraction of sp³-hybridized carbons (Fsp3) is 0.143. The zero-order valence-corrected chi connectivity index (χ0v) is 13.6. The Bertz CT molecular complexity index is 783. The van der Waals surface area contributed by atoms with Crippen LogP contribution < -0.4 is 0 Å². The molecule has 1 aromatic carbocycles. The summed E-state index contributed by atoms with van der Waals surface area (Å²) in [6, 6.07) is 9.36. The summed E-state index contributed by atoms with van der Waals surface area (Å²) in [5.74, 6) is 0.739. The minimum atomic E-state index is -0.241. The summed E-state index contributed by atoms with van der Waals surface area (Å²) in [4.78, 5) is 8.97. The zero-order valence-electron chi connectivity index (χ0n) is 10.5. The molecular weight excluding hydrogens is 361 g/mol. The highest BCUT2D eigenvalue weighted by atomic mass is 79.9. The smallest absolute Gasteiger partial charge is 0.164 e. The van der Waals surface area contributed by atoms with Crippen LogP contribution in [0.1, 0.15) is 18.1 Å². The lowest BCUT2D eigenvalue weighted by atomic mass is 10.3. The van der Waals surface area contributed by atoms with E-state index in [1.807, 2.05) is 41.8 Å². The predicted molar refractivity (Wildman–Crippen MR) is 85.8 cm³/mol. The summed E-state index contributed by atoms with van der Waals surface area (Å²) in [7, 11) is 0. The first-order valence-electron chi connectivity index (χ1n) is 6.01. The quantitative estimate of drug-likeness (QED) is 0.585. The summed E-state index contributed by atoms with van der Waals surface area (Å²) in [5, 5.41) is 0.407. The van der Waals surface area contributed by atoms with Gasteiger partial charge in [0.25, 0.3) is 0 Å². The second-order valence-corrected chi connectivity index (χ2v) is 6.31. The number of hydrogen-bond donors (Lipinski definition) is 0. The number of nitrogens with zero attached hydrogens (tertiary/aromatic N) is 3. The highest BCUT2D eigenvalue weighted by molar-refractivity contribution is 9.10. The fourth-order valence-electron chi connectivity index (χ4n) is 2.09. The van der Waals surface area contributed by atoms with Crippen LogP contribution in [0.3, 0.4) is 0 Å². The maximum atomic E-state index is 6.26. The minimum Gasteiger partial charge on any atom is -0.278 e. The summed E-state index contributed by atoms with van der Waals surface area (Å²) in [6.07, 6.45) is 1.74. The van der Waals surface area contributed by atoms with Gasteiger partial charge in [0.1, 0.15) is 11.3 Å². The van der Waals surface area contributed by atoms with E-state index in [-0.39, 0.29) is 5.38 Å². The second kappa shape index (κ2) is 5.35. The number of halogens is 3. The van der Waals surface area contributed by atoms with Crippen molar-refractivity contribution in [2.45, 2.75) is 12.3 Å². The predicted octanol–water partition coefficient (Wildman–Crippen LogP) is 5.14. The second-order valence-electron chi connectivity index (χ2n) is 4.36. The van der Waals surface area contributed by atoms with Gasteiger partial charge < -0.3 is 0 Å². The molecule has 0 fully saturated rings. The van der Waals surface area contributed by atoms with E-state index in [0.717, 1.165) is 27.1 Å². The van der Waals surface area contributed by atoms with Crippen molar-refractivity contribution in [3.05, 3.63) is 51.8 Å². The van der Waals surface area contributed by atoms with Crippen molar-refractivity contribution in [1.82, 2.24) is 14.5 Å². The third kappa shape index (κ3) is 2.32.